The number of rotatable bonds is 3. The van der Waals surface area contributed by atoms with Gasteiger partial charge in [-0.1, -0.05) is 5.16 Å². The van der Waals surface area contributed by atoms with Crippen molar-refractivity contribution in [2.24, 2.45) is 0 Å². The minimum Gasteiger partial charge on any atom is -0.491 e. The molecule has 5 nitrogen and oxygen atoms in total. The van der Waals surface area contributed by atoms with Gasteiger partial charge in [-0.15, -0.1) is 0 Å². The van der Waals surface area contributed by atoms with Gasteiger partial charge in [-0.2, -0.15) is 0 Å². The Kier molecular flexibility index (Phi) is 2.27. The van der Waals surface area contributed by atoms with E-state index in [1.54, 1.807) is 0 Å². The second kappa shape index (κ2) is 3.08. The van der Waals surface area contributed by atoms with Gasteiger partial charge in [0.2, 0.25) is 0 Å². The molecule has 0 aliphatic heterocycles. The molecule has 0 aromatic carbocycles. The molecule has 72 valence electrons. The Morgan fingerprint density at radius 2 is 2.31 bits per heavy atom. The van der Waals surface area contributed by atoms with Gasteiger partial charge in [0, 0.05) is 0 Å². The van der Waals surface area contributed by atoms with Gasteiger partial charge in [0.1, 0.15) is 11.1 Å². The maximum atomic E-state index is 10.9. The van der Waals surface area contributed by atoms with Gasteiger partial charge in [0.25, 0.3) is 0 Å². The first kappa shape index (κ1) is 9.57. The molecule has 0 aliphatic carbocycles. The summed E-state index contributed by atoms with van der Waals surface area (Å²) in [7, 11) is 1.44. The van der Waals surface area contributed by atoms with Crippen molar-refractivity contribution < 1.29 is 19.2 Å². The third-order valence-electron chi connectivity index (χ3n) is 1.88. The molecule has 1 aromatic heterocycles. The van der Waals surface area contributed by atoms with Crippen LogP contribution in [0.4, 0.5) is 0 Å². The molecule has 1 N–H and O–H groups in total. The van der Waals surface area contributed by atoms with Crippen LogP contribution in [0.5, 0.6) is 5.75 Å². The lowest BCUT2D eigenvalue weighted by Crippen LogP contribution is -2.29. The minimum atomic E-state index is -1.10. The van der Waals surface area contributed by atoms with Crippen LogP contribution in [0.25, 0.3) is 0 Å². The van der Waals surface area contributed by atoms with E-state index in [2.05, 4.69) is 9.68 Å². The third-order valence-corrected chi connectivity index (χ3v) is 1.88. The van der Waals surface area contributed by atoms with Crippen LogP contribution in [0, 0.1) is 0 Å². The molecule has 0 bridgehead atoms. The molecule has 5 heteroatoms. The fraction of sp³-hybridized carbons (Fsp3) is 0.500. The highest BCUT2D eigenvalue weighted by Crippen LogP contribution is 2.30. The van der Waals surface area contributed by atoms with E-state index in [4.69, 9.17) is 9.84 Å². The number of ether oxygens (including phenoxy) is 1. The van der Waals surface area contributed by atoms with Gasteiger partial charge in [-0.05, 0) is 13.8 Å². The summed E-state index contributed by atoms with van der Waals surface area (Å²) < 4.78 is 9.54. The number of hydrogen-bond donors (Lipinski definition) is 1. The number of carboxylic acids is 1. The van der Waals surface area contributed by atoms with Gasteiger partial charge in [-0.3, -0.25) is 4.79 Å². The SMILES string of the molecule is COc1conc1C(C)(C)C(=O)O. The summed E-state index contributed by atoms with van der Waals surface area (Å²) in [4.78, 5) is 10.9. The van der Waals surface area contributed by atoms with E-state index in [0.717, 1.165) is 0 Å². The van der Waals surface area contributed by atoms with Crippen LogP contribution in [0.2, 0.25) is 0 Å². The van der Waals surface area contributed by atoms with Gasteiger partial charge < -0.3 is 14.4 Å². The number of carbonyl (C=O) groups is 1. The Bertz CT molecular complexity index is 316. The number of carboxylic acid groups (broad SMARTS) is 1. The lowest BCUT2D eigenvalue weighted by Gasteiger charge is -2.16. The number of methoxy groups -OCH3 is 1. The Morgan fingerprint density at radius 1 is 1.69 bits per heavy atom. The zero-order chi connectivity index (χ0) is 10.1. The predicted octanol–water partition coefficient (Wildman–Crippen LogP) is 1.05. The fourth-order valence-electron chi connectivity index (χ4n) is 0.896. The van der Waals surface area contributed by atoms with Crippen LogP contribution < -0.4 is 4.74 Å². The van der Waals surface area contributed by atoms with Crippen molar-refractivity contribution in [3.8, 4) is 5.75 Å². The van der Waals surface area contributed by atoms with Gasteiger partial charge in [0.05, 0.1) is 7.11 Å². The minimum absolute atomic E-state index is 0.294. The Hall–Kier alpha value is -1.52. The van der Waals surface area contributed by atoms with Crippen molar-refractivity contribution in [1.29, 1.82) is 0 Å². The van der Waals surface area contributed by atoms with E-state index in [0.29, 0.717) is 11.4 Å². The van der Waals surface area contributed by atoms with Crippen LogP contribution >= 0.6 is 0 Å². The largest absolute Gasteiger partial charge is 0.491 e. The Morgan fingerprint density at radius 3 is 2.77 bits per heavy atom. The number of hydrogen-bond acceptors (Lipinski definition) is 4. The summed E-state index contributed by atoms with van der Waals surface area (Å²) in [6, 6.07) is 0. The molecule has 0 spiro atoms. The normalized spacial score (nSPS) is 11.3. The molecular weight excluding hydrogens is 174 g/mol. The molecule has 0 fully saturated rings. The van der Waals surface area contributed by atoms with E-state index >= 15 is 0 Å². The van der Waals surface area contributed by atoms with Crippen molar-refractivity contribution in [1.82, 2.24) is 5.16 Å². The summed E-state index contributed by atoms with van der Waals surface area (Å²) in [5.74, 6) is -0.618. The van der Waals surface area contributed by atoms with Crippen molar-refractivity contribution in [2.75, 3.05) is 7.11 Å². The summed E-state index contributed by atoms with van der Waals surface area (Å²) in [6.07, 6.45) is 1.28. The van der Waals surface area contributed by atoms with Crippen molar-refractivity contribution >= 4 is 5.97 Å². The molecule has 0 amide bonds. The average Bonchev–Trinajstić information content (AvgIpc) is 2.51. The molecule has 1 heterocycles. The van der Waals surface area contributed by atoms with Crippen LogP contribution in [0.15, 0.2) is 10.8 Å². The quantitative estimate of drug-likeness (QED) is 0.761. The third kappa shape index (κ3) is 1.49. The summed E-state index contributed by atoms with van der Waals surface area (Å²) in [6.45, 7) is 3.07. The molecule has 1 rings (SSSR count). The van der Waals surface area contributed by atoms with E-state index in [9.17, 15) is 4.79 Å². The van der Waals surface area contributed by atoms with Crippen LogP contribution in [-0.4, -0.2) is 23.3 Å². The molecule has 0 aliphatic rings. The monoisotopic (exact) mass is 185 g/mol. The van der Waals surface area contributed by atoms with Crippen LogP contribution in [-0.2, 0) is 10.2 Å². The standard InChI is InChI=1S/C8H11NO4/c1-8(2,7(10)11)6-5(12-3)4-13-9-6/h4H,1-3H3,(H,10,11). The Balaban J connectivity index is 3.13. The summed E-state index contributed by atoms with van der Waals surface area (Å²) >= 11 is 0. The Labute approximate surface area is 75.3 Å². The van der Waals surface area contributed by atoms with E-state index in [1.165, 1.54) is 27.2 Å². The van der Waals surface area contributed by atoms with E-state index in [-0.39, 0.29) is 0 Å². The average molecular weight is 185 g/mol. The smallest absolute Gasteiger partial charge is 0.315 e. The topological polar surface area (TPSA) is 72.6 Å². The number of nitrogens with zero attached hydrogens (tertiary/aromatic N) is 1. The molecular formula is C8H11NO4. The van der Waals surface area contributed by atoms with E-state index < -0.39 is 11.4 Å². The number of aromatic nitrogens is 1. The van der Waals surface area contributed by atoms with Crippen LogP contribution in [0.3, 0.4) is 0 Å². The molecule has 1 aromatic rings. The second-order valence-electron chi connectivity index (χ2n) is 3.16. The second-order valence-corrected chi connectivity index (χ2v) is 3.16. The lowest BCUT2D eigenvalue weighted by atomic mass is 9.89. The number of aliphatic carboxylic acids is 1. The maximum absolute atomic E-state index is 10.9. The maximum Gasteiger partial charge on any atom is 0.315 e. The molecule has 13 heavy (non-hydrogen) atoms. The van der Waals surface area contributed by atoms with Gasteiger partial charge in [-0.25, -0.2) is 0 Å². The van der Waals surface area contributed by atoms with Crippen molar-refractivity contribution in [3.63, 3.8) is 0 Å². The van der Waals surface area contributed by atoms with Gasteiger partial charge in [0.15, 0.2) is 12.0 Å². The lowest BCUT2D eigenvalue weighted by molar-refractivity contribution is -0.142. The highest BCUT2D eigenvalue weighted by Gasteiger charge is 2.35. The highest BCUT2D eigenvalue weighted by molar-refractivity contribution is 5.80. The molecule has 0 unspecified atom stereocenters. The zero-order valence-electron chi connectivity index (χ0n) is 7.70. The zero-order valence-corrected chi connectivity index (χ0v) is 7.70. The molecule has 0 saturated heterocycles. The summed E-state index contributed by atoms with van der Waals surface area (Å²) in [5.41, 5.74) is -0.805. The molecule has 0 atom stereocenters. The predicted molar refractivity (Wildman–Crippen MR) is 43.7 cm³/mol. The van der Waals surface area contributed by atoms with Gasteiger partial charge >= 0.3 is 5.97 Å². The summed E-state index contributed by atoms with van der Waals surface area (Å²) in [5, 5.41) is 12.5. The van der Waals surface area contributed by atoms with E-state index in [1.807, 2.05) is 0 Å². The highest BCUT2D eigenvalue weighted by atomic mass is 16.5. The van der Waals surface area contributed by atoms with Crippen LogP contribution in [0.1, 0.15) is 19.5 Å². The first-order valence-electron chi connectivity index (χ1n) is 3.72. The molecule has 0 saturated carbocycles. The van der Waals surface area contributed by atoms with Crippen molar-refractivity contribution in [2.45, 2.75) is 19.3 Å². The first-order chi connectivity index (χ1) is 6.00. The fourth-order valence-corrected chi connectivity index (χ4v) is 0.896. The first-order valence-corrected chi connectivity index (χ1v) is 3.72. The molecule has 0 radical (unpaired) electrons. The van der Waals surface area contributed by atoms with Crippen molar-refractivity contribution in [3.05, 3.63) is 12.0 Å².